The molecule has 1 heterocycles. The van der Waals surface area contributed by atoms with Gasteiger partial charge in [0.1, 0.15) is 0 Å². The van der Waals surface area contributed by atoms with Gasteiger partial charge in [-0.25, -0.2) is 4.79 Å². The van der Waals surface area contributed by atoms with Gasteiger partial charge in [-0.1, -0.05) is 0 Å². The predicted octanol–water partition coefficient (Wildman–Crippen LogP) is 1.84. The van der Waals surface area contributed by atoms with Crippen molar-refractivity contribution in [3.8, 4) is 0 Å². The molecule has 0 radical (unpaired) electrons. The average molecular weight is 227 g/mol. The van der Waals surface area contributed by atoms with Gasteiger partial charge in [0.25, 0.3) is 0 Å². The lowest BCUT2D eigenvalue weighted by Crippen LogP contribution is -2.26. The number of carboxylic acid groups (broad SMARTS) is 1. The monoisotopic (exact) mass is 227 g/mol. The molecular weight excluding hydrogens is 210 g/mol. The van der Waals surface area contributed by atoms with Crippen molar-refractivity contribution >= 4 is 11.9 Å². The lowest BCUT2D eigenvalue weighted by Gasteiger charge is -2.19. The Bertz CT molecular complexity index is 334. The molecule has 0 aliphatic carbocycles. The molecule has 0 saturated carbocycles. The summed E-state index contributed by atoms with van der Waals surface area (Å²) in [7, 11) is 0. The maximum Gasteiger partial charge on any atom is 0.371 e. The zero-order valence-electron chi connectivity index (χ0n) is 9.60. The SMILES string of the molecule is CCOCCN(CC)c1ccc(C(=O)O)o1. The van der Waals surface area contributed by atoms with Crippen LogP contribution in [0.5, 0.6) is 0 Å². The Hall–Kier alpha value is -1.49. The van der Waals surface area contributed by atoms with Crippen molar-refractivity contribution in [1.29, 1.82) is 0 Å². The van der Waals surface area contributed by atoms with Crippen LogP contribution in [0.15, 0.2) is 16.5 Å². The minimum Gasteiger partial charge on any atom is -0.475 e. The van der Waals surface area contributed by atoms with Crippen LogP contribution >= 0.6 is 0 Å². The highest BCUT2D eigenvalue weighted by Crippen LogP contribution is 2.18. The van der Waals surface area contributed by atoms with Gasteiger partial charge < -0.3 is 19.2 Å². The molecule has 1 N–H and O–H groups in total. The summed E-state index contributed by atoms with van der Waals surface area (Å²) in [5.41, 5.74) is 0. The van der Waals surface area contributed by atoms with Crippen LogP contribution in [-0.2, 0) is 4.74 Å². The molecule has 0 bridgehead atoms. The Morgan fingerprint density at radius 3 is 2.75 bits per heavy atom. The molecular formula is C11H17NO4. The molecule has 0 spiro atoms. The molecule has 5 nitrogen and oxygen atoms in total. The summed E-state index contributed by atoms with van der Waals surface area (Å²) in [4.78, 5) is 12.6. The summed E-state index contributed by atoms with van der Waals surface area (Å²) in [5.74, 6) is -0.517. The van der Waals surface area contributed by atoms with Crippen LogP contribution in [0, 0.1) is 0 Å². The molecule has 5 heteroatoms. The quantitative estimate of drug-likeness (QED) is 0.720. The minimum absolute atomic E-state index is 0.0372. The third-order valence-electron chi connectivity index (χ3n) is 2.21. The number of aromatic carboxylic acids is 1. The molecule has 0 fully saturated rings. The Kier molecular flexibility index (Phi) is 4.85. The first-order valence-electron chi connectivity index (χ1n) is 5.34. The number of ether oxygens (including phenoxy) is 1. The highest BCUT2D eigenvalue weighted by atomic mass is 16.5. The Morgan fingerprint density at radius 1 is 1.50 bits per heavy atom. The first-order valence-corrected chi connectivity index (χ1v) is 5.34. The van der Waals surface area contributed by atoms with Gasteiger partial charge in [0.15, 0.2) is 5.88 Å². The van der Waals surface area contributed by atoms with Crippen LogP contribution in [0.4, 0.5) is 5.88 Å². The fourth-order valence-corrected chi connectivity index (χ4v) is 1.36. The van der Waals surface area contributed by atoms with E-state index >= 15 is 0 Å². The second-order valence-corrected chi connectivity index (χ2v) is 3.22. The van der Waals surface area contributed by atoms with E-state index in [1.165, 1.54) is 6.07 Å². The van der Waals surface area contributed by atoms with E-state index in [1.807, 2.05) is 18.7 Å². The highest BCUT2D eigenvalue weighted by molar-refractivity contribution is 5.84. The van der Waals surface area contributed by atoms with Crippen molar-refractivity contribution in [3.63, 3.8) is 0 Å². The molecule has 1 rings (SSSR count). The van der Waals surface area contributed by atoms with Gasteiger partial charge in [-0.05, 0) is 19.9 Å². The number of rotatable bonds is 7. The second-order valence-electron chi connectivity index (χ2n) is 3.22. The maximum atomic E-state index is 10.6. The van der Waals surface area contributed by atoms with Crippen molar-refractivity contribution in [2.45, 2.75) is 13.8 Å². The van der Waals surface area contributed by atoms with Crippen molar-refractivity contribution in [2.24, 2.45) is 0 Å². The number of nitrogens with zero attached hydrogens (tertiary/aromatic N) is 1. The van der Waals surface area contributed by atoms with Crippen LogP contribution in [-0.4, -0.2) is 37.4 Å². The van der Waals surface area contributed by atoms with E-state index in [-0.39, 0.29) is 5.76 Å². The lowest BCUT2D eigenvalue weighted by molar-refractivity contribution is 0.0663. The van der Waals surface area contributed by atoms with E-state index in [2.05, 4.69) is 0 Å². The first-order chi connectivity index (χ1) is 7.69. The normalized spacial score (nSPS) is 10.4. The largest absolute Gasteiger partial charge is 0.475 e. The molecule has 0 atom stereocenters. The van der Waals surface area contributed by atoms with E-state index in [4.69, 9.17) is 14.3 Å². The molecule has 0 aromatic carbocycles. The van der Waals surface area contributed by atoms with Crippen LogP contribution in [0.25, 0.3) is 0 Å². The Labute approximate surface area is 94.6 Å². The number of carboxylic acids is 1. The molecule has 0 unspecified atom stereocenters. The van der Waals surface area contributed by atoms with Crippen molar-refractivity contribution in [1.82, 2.24) is 0 Å². The van der Waals surface area contributed by atoms with Gasteiger partial charge >= 0.3 is 5.97 Å². The number of hydrogen-bond acceptors (Lipinski definition) is 4. The predicted molar refractivity (Wildman–Crippen MR) is 60.0 cm³/mol. The summed E-state index contributed by atoms with van der Waals surface area (Å²) in [6, 6.07) is 3.12. The summed E-state index contributed by atoms with van der Waals surface area (Å²) in [5, 5.41) is 8.73. The fourth-order valence-electron chi connectivity index (χ4n) is 1.36. The number of likely N-dealkylation sites (N-methyl/N-ethyl adjacent to an activating group) is 1. The first kappa shape index (κ1) is 12.6. The molecule has 0 amide bonds. The molecule has 0 aliphatic rings. The van der Waals surface area contributed by atoms with Crippen molar-refractivity contribution in [2.75, 3.05) is 31.2 Å². The van der Waals surface area contributed by atoms with E-state index in [1.54, 1.807) is 6.07 Å². The standard InChI is InChI=1S/C11H17NO4/c1-3-12(7-8-15-4-2)10-6-5-9(16-10)11(13)14/h5-6H,3-4,7-8H2,1-2H3,(H,13,14). The Balaban J connectivity index is 2.60. The third kappa shape index (κ3) is 3.27. The molecule has 1 aromatic rings. The zero-order valence-corrected chi connectivity index (χ0v) is 9.60. The van der Waals surface area contributed by atoms with Crippen molar-refractivity contribution in [3.05, 3.63) is 17.9 Å². The van der Waals surface area contributed by atoms with Gasteiger partial charge in [0, 0.05) is 25.8 Å². The van der Waals surface area contributed by atoms with Crippen molar-refractivity contribution < 1.29 is 19.1 Å². The fraction of sp³-hybridized carbons (Fsp3) is 0.545. The lowest BCUT2D eigenvalue weighted by atomic mass is 10.4. The smallest absolute Gasteiger partial charge is 0.371 e. The van der Waals surface area contributed by atoms with Gasteiger partial charge in [-0.15, -0.1) is 0 Å². The Morgan fingerprint density at radius 2 is 2.25 bits per heavy atom. The summed E-state index contributed by atoms with van der Waals surface area (Å²) in [6.45, 7) is 6.64. The number of hydrogen-bond donors (Lipinski definition) is 1. The van der Waals surface area contributed by atoms with E-state index in [0.717, 1.165) is 6.54 Å². The number of anilines is 1. The summed E-state index contributed by atoms with van der Waals surface area (Å²) in [6.07, 6.45) is 0. The van der Waals surface area contributed by atoms with Crippen LogP contribution in [0.3, 0.4) is 0 Å². The van der Waals surface area contributed by atoms with Gasteiger partial charge in [0.05, 0.1) is 6.61 Å². The molecule has 0 saturated heterocycles. The second kappa shape index (κ2) is 6.17. The minimum atomic E-state index is -1.05. The van der Waals surface area contributed by atoms with Crippen LogP contribution in [0.2, 0.25) is 0 Å². The van der Waals surface area contributed by atoms with E-state index < -0.39 is 5.97 Å². The van der Waals surface area contributed by atoms with E-state index in [9.17, 15) is 4.79 Å². The van der Waals surface area contributed by atoms with E-state index in [0.29, 0.717) is 25.6 Å². The average Bonchev–Trinajstić information content (AvgIpc) is 2.74. The topological polar surface area (TPSA) is 62.9 Å². The highest BCUT2D eigenvalue weighted by Gasteiger charge is 2.12. The van der Waals surface area contributed by atoms with Gasteiger partial charge in [0.2, 0.25) is 5.76 Å². The summed E-state index contributed by atoms with van der Waals surface area (Å²) < 4.78 is 10.4. The molecule has 1 aromatic heterocycles. The number of furan rings is 1. The van der Waals surface area contributed by atoms with Crippen LogP contribution < -0.4 is 4.90 Å². The van der Waals surface area contributed by atoms with Crippen LogP contribution in [0.1, 0.15) is 24.4 Å². The molecule has 0 aliphatic heterocycles. The maximum absolute atomic E-state index is 10.6. The summed E-state index contributed by atoms with van der Waals surface area (Å²) >= 11 is 0. The van der Waals surface area contributed by atoms with Gasteiger partial charge in [-0.2, -0.15) is 0 Å². The third-order valence-corrected chi connectivity index (χ3v) is 2.21. The molecule has 90 valence electrons. The zero-order chi connectivity index (χ0) is 12.0. The molecule has 16 heavy (non-hydrogen) atoms. The van der Waals surface area contributed by atoms with Gasteiger partial charge in [-0.3, -0.25) is 0 Å². The number of carbonyl (C=O) groups is 1.